The highest BCUT2D eigenvalue weighted by molar-refractivity contribution is 6.30. The Morgan fingerprint density at radius 2 is 1.71 bits per heavy atom. The van der Waals surface area contributed by atoms with E-state index in [1.807, 2.05) is 24.3 Å². The highest BCUT2D eigenvalue weighted by Gasteiger charge is 1.94. The fourth-order valence-electron chi connectivity index (χ4n) is 1.38. The highest BCUT2D eigenvalue weighted by Crippen LogP contribution is 2.15. The van der Waals surface area contributed by atoms with Crippen LogP contribution in [0.1, 0.15) is 19.3 Å². The predicted molar refractivity (Wildman–Crippen MR) is 70.7 cm³/mol. The summed E-state index contributed by atoms with van der Waals surface area (Å²) in [5, 5.41) is 0.716. The summed E-state index contributed by atoms with van der Waals surface area (Å²) >= 11 is 5.77. The normalized spacial score (nSPS) is 10.5. The first-order chi connectivity index (χ1) is 8.33. The van der Waals surface area contributed by atoms with Crippen LogP contribution < -0.4 is 10.5 Å². The minimum Gasteiger partial charge on any atom is -0.491 e. The lowest BCUT2D eigenvalue weighted by atomic mass is 10.2. The second-order valence-electron chi connectivity index (χ2n) is 3.76. The van der Waals surface area contributed by atoms with Crippen LogP contribution in [0, 0.1) is 0 Å². The second-order valence-corrected chi connectivity index (χ2v) is 4.20. The lowest BCUT2D eigenvalue weighted by Crippen LogP contribution is -2.07. The van der Waals surface area contributed by atoms with Crippen LogP contribution in [0.25, 0.3) is 0 Å². The Hall–Kier alpha value is -0.770. The van der Waals surface area contributed by atoms with Gasteiger partial charge in [0.15, 0.2) is 0 Å². The lowest BCUT2D eigenvalue weighted by molar-refractivity contribution is 0.0972. The zero-order valence-electron chi connectivity index (χ0n) is 10.0. The maximum atomic E-state index is 5.77. The molecule has 0 fully saturated rings. The molecule has 0 aliphatic rings. The van der Waals surface area contributed by atoms with Crippen molar-refractivity contribution in [3.05, 3.63) is 29.3 Å². The molecule has 0 aromatic heterocycles. The minimum absolute atomic E-state index is 0.568. The van der Waals surface area contributed by atoms with Gasteiger partial charge in [-0.25, -0.2) is 0 Å². The van der Waals surface area contributed by atoms with Crippen molar-refractivity contribution in [2.24, 2.45) is 5.73 Å². The van der Waals surface area contributed by atoms with Crippen molar-refractivity contribution in [3.63, 3.8) is 0 Å². The lowest BCUT2D eigenvalue weighted by Gasteiger charge is -2.07. The van der Waals surface area contributed by atoms with Gasteiger partial charge >= 0.3 is 0 Å². The van der Waals surface area contributed by atoms with Crippen molar-refractivity contribution in [2.75, 3.05) is 26.4 Å². The topological polar surface area (TPSA) is 44.5 Å². The Kier molecular flexibility index (Phi) is 7.80. The minimum atomic E-state index is 0.568. The molecule has 0 heterocycles. The molecule has 1 aromatic rings. The molecule has 2 N–H and O–H groups in total. The second kappa shape index (κ2) is 9.28. The van der Waals surface area contributed by atoms with Crippen LogP contribution >= 0.6 is 11.6 Å². The standard InChI is InChI=1S/C13H20ClNO2/c14-12-4-6-13(7-5-12)17-11-10-16-9-3-1-2-8-15/h4-7H,1-3,8-11,15H2. The van der Waals surface area contributed by atoms with Crippen LogP contribution in [0.15, 0.2) is 24.3 Å². The molecule has 17 heavy (non-hydrogen) atoms. The largest absolute Gasteiger partial charge is 0.491 e. The zero-order chi connectivity index (χ0) is 12.3. The van der Waals surface area contributed by atoms with Gasteiger partial charge in [-0.05, 0) is 50.1 Å². The number of rotatable bonds is 9. The maximum Gasteiger partial charge on any atom is 0.119 e. The molecule has 0 spiro atoms. The number of ether oxygens (including phenoxy) is 2. The van der Waals surface area contributed by atoms with Crippen LogP contribution in [0.5, 0.6) is 5.75 Å². The molecule has 0 atom stereocenters. The molecule has 96 valence electrons. The first-order valence-corrected chi connectivity index (χ1v) is 6.37. The van der Waals surface area contributed by atoms with E-state index in [1.54, 1.807) is 0 Å². The van der Waals surface area contributed by atoms with E-state index in [-0.39, 0.29) is 0 Å². The number of halogens is 1. The van der Waals surface area contributed by atoms with E-state index >= 15 is 0 Å². The van der Waals surface area contributed by atoms with E-state index in [9.17, 15) is 0 Å². The molecule has 0 unspecified atom stereocenters. The first-order valence-electron chi connectivity index (χ1n) is 5.99. The van der Waals surface area contributed by atoms with Crippen LogP contribution in [0.3, 0.4) is 0 Å². The third kappa shape index (κ3) is 7.21. The summed E-state index contributed by atoms with van der Waals surface area (Å²) in [5.41, 5.74) is 5.40. The fraction of sp³-hybridized carbons (Fsp3) is 0.538. The van der Waals surface area contributed by atoms with E-state index in [2.05, 4.69) is 0 Å². The molecule has 1 rings (SSSR count). The number of hydrogen-bond donors (Lipinski definition) is 1. The molecule has 0 aliphatic heterocycles. The van der Waals surface area contributed by atoms with Gasteiger partial charge in [0.2, 0.25) is 0 Å². The van der Waals surface area contributed by atoms with Gasteiger partial charge < -0.3 is 15.2 Å². The quantitative estimate of drug-likeness (QED) is 0.692. The molecule has 0 saturated heterocycles. The Morgan fingerprint density at radius 1 is 0.941 bits per heavy atom. The molecule has 1 aromatic carbocycles. The highest BCUT2D eigenvalue weighted by atomic mass is 35.5. The van der Waals surface area contributed by atoms with Gasteiger partial charge in [0.25, 0.3) is 0 Å². The van der Waals surface area contributed by atoms with Gasteiger partial charge in [-0.1, -0.05) is 11.6 Å². The Balaban J connectivity index is 1.95. The monoisotopic (exact) mass is 257 g/mol. The third-order valence-electron chi connectivity index (χ3n) is 2.30. The predicted octanol–water partition coefficient (Wildman–Crippen LogP) is 2.86. The van der Waals surface area contributed by atoms with Crippen molar-refractivity contribution >= 4 is 11.6 Å². The Bertz CT molecular complexity index is 290. The number of unbranched alkanes of at least 4 members (excludes halogenated alkanes) is 2. The Labute approximate surface area is 108 Å². The first kappa shape index (κ1) is 14.3. The van der Waals surface area contributed by atoms with Gasteiger partial charge in [-0.2, -0.15) is 0 Å². The molecule has 4 heteroatoms. The smallest absolute Gasteiger partial charge is 0.119 e. The average molecular weight is 258 g/mol. The van der Waals surface area contributed by atoms with Gasteiger partial charge in [-0.15, -0.1) is 0 Å². The average Bonchev–Trinajstić information content (AvgIpc) is 2.35. The van der Waals surface area contributed by atoms with Crippen molar-refractivity contribution in [1.29, 1.82) is 0 Å². The number of nitrogens with two attached hydrogens (primary N) is 1. The van der Waals surface area contributed by atoms with E-state index in [0.717, 1.165) is 38.2 Å². The summed E-state index contributed by atoms with van der Waals surface area (Å²) in [6.45, 7) is 2.73. The molecular formula is C13H20ClNO2. The molecular weight excluding hydrogens is 238 g/mol. The van der Waals surface area contributed by atoms with Crippen LogP contribution in [0.4, 0.5) is 0 Å². The van der Waals surface area contributed by atoms with E-state index < -0.39 is 0 Å². The third-order valence-corrected chi connectivity index (χ3v) is 2.55. The summed E-state index contributed by atoms with van der Waals surface area (Å²) < 4.78 is 10.9. The van der Waals surface area contributed by atoms with Crippen molar-refractivity contribution in [3.8, 4) is 5.75 Å². The fourth-order valence-corrected chi connectivity index (χ4v) is 1.50. The SMILES string of the molecule is NCCCCCOCCOc1ccc(Cl)cc1. The molecule has 0 radical (unpaired) electrons. The van der Waals surface area contributed by atoms with E-state index in [1.165, 1.54) is 0 Å². The van der Waals surface area contributed by atoms with Crippen molar-refractivity contribution < 1.29 is 9.47 Å². The van der Waals surface area contributed by atoms with E-state index in [4.69, 9.17) is 26.8 Å². The molecule has 0 aliphatic carbocycles. The summed E-state index contributed by atoms with van der Waals surface area (Å²) in [6.07, 6.45) is 3.28. The summed E-state index contributed by atoms with van der Waals surface area (Å²) in [5.74, 6) is 0.820. The van der Waals surface area contributed by atoms with E-state index in [0.29, 0.717) is 18.2 Å². The van der Waals surface area contributed by atoms with Gasteiger partial charge in [0.05, 0.1) is 6.61 Å². The molecule has 0 saturated carbocycles. The Morgan fingerprint density at radius 3 is 2.41 bits per heavy atom. The zero-order valence-corrected chi connectivity index (χ0v) is 10.8. The summed E-state index contributed by atoms with van der Waals surface area (Å²) in [4.78, 5) is 0. The van der Waals surface area contributed by atoms with Crippen molar-refractivity contribution in [1.82, 2.24) is 0 Å². The molecule has 0 amide bonds. The van der Waals surface area contributed by atoms with Crippen molar-refractivity contribution in [2.45, 2.75) is 19.3 Å². The number of benzene rings is 1. The van der Waals surface area contributed by atoms with Crippen LogP contribution in [-0.2, 0) is 4.74 Å². The summed E-state index contributed by atoms with van der Waals surface area (Å²) in [6, 6.07) is 7.32. The van der Waals surface area contributed by atoms with Crippen LogP contribution in [-0.4, -0.2) is 26.4 Å². The summed E-state index contributed by atoms with van der Waals surface area (Å²) in [7, 11) is 0. The molecule has 0 bridgehead atoms. The van der Waals surface area contributed by atoms with Gasteiger partial charge in [-0.3, -0.25) is 0 Å². The van der Waals surface area contributed by atoms with Gasteiger partial charge in [0, 0.05) is 11.6 Å². The number of hydrogen-bond acceptors (Lipinski definition) is 3. The van der Waals surface area contributed by atoms with Crippen LogP contribution in [0.2, 0.25) is 5.02 Å². The van der Waals surface area contributed by atoms with Gasteiger partial charge in [0.1, 0.15) is 12.4 Å². The molecule has 3 nitrogen and oxygen atoms in total. The maximum absolute atomic E-state index is 5.77.